The fourth-order valence-electron chi connectivity index (χ4n) is 2.24. The number of carbonyl (C=O) groups excluding carboxylic acids is 1. The van der Waals surface area contributed by atoms with Crippen molar-refractivity contribution in [3.8, 4) is 0 Å². The average Bonchev–Trinajstić information content (AvgIpc) is 2.81. The van der Waals surface area contributed by atoms with E-state index in [0.717, 1.165) is 23.5 Å². The van der Waals surface area contributed by atoms with Gasteiger partial charge in [-0.15, -0.1) is 11.3 Å². The Labute approximate surface area is 112 Å². The molecule has 1 saturated heterocycles. The highest BCUT2D eigenvalue weighted by Crippen LogP contribution is 2.13. The molecule has 0 aromatic carbocycles. The highest BCUT2D eigenvalue weighted by Gasteiger charge is 2.14. The molecule has 1 unspecified atom stereocenters. The van der Waals surface area contributed by atoms with Crippen molar-refractivity contribution in [1.29, 1.82) is 0 Å². The molecule has 18 heavy (non-hydrogen) atoms. The molecule has 4 nitrogen and oxygen atoms in total. The lowest BCUT2D eigenvalue weighted by molar-refractivity contribution is -0.121. The van der Waals surface area contributed by atoms with Crippen LogP contribution in [-0.4, -0.2) is 23.5 Å². The normalized spacial score (nSPS) is 19.7. The monoisotopic (exact) mass is 267 g/mol. The Morgan fingerprint density at radius 3 is 3.17 bits per heavy atom. The summed E-state index contributed by atoms with van der Waals surface area (Å²) in [5, 5.41) is 6.43. The lowest BCUT2D eigenvalue weighted by Gasteiger charge is -2.23. The third-order valence-electron chi connectivity index (χ3n) is 3.42. The predicted molar refractivity (Wildman–Crippen MR) is 73.6 cm³/mol. The van der Waals surface area contributed by atoms with Crippen molar-refractivity contribution in [1.82, 2.24) is 15.6 Å². The zero-order valence-corrected chi connectivity index (χ0v) is 11.7. The molecule has 1 aromatic rings. The van der Waals surface area contributed by atoms with Crippen LogP contribution in [0, 0.1) is 6.92 Å². The number of nitrogens with zero attached hydrogens (tertiary/aromatic N) is 1. The SMILES string of the molecule is Cc1ncsc1CNC(=O)CCC1CCCCN1. The van der Waals surface area contributed by atoms with E-state index < -0.39 is 0 Å². The maximum Gasteiger partial charge on any atom is 0.220 e. The highest BCUT2D eigenvalue weighted by molar-refractivity contribution is 7.09. The zero-order valence-electron chi connectivity index (χ0n) is 10.9. The topological polar surface area (TPSA) is 54.0 Å². The fourth-order valence-corrected chi connectivity index (χ4v) is 2.96. The molecule has 1 fully saturated rings. The van der Waals surface area contributed by atoms with Crippen molar-refractivity contribution in [2.24, 2.45) is 0 Å². The molecule has 1 aliphatic rings. The number of hydrogen-bond donors (Lipinski definition) is 2. The minimum absolute atomic E-state index is 0.148. The standard InChI is InChI=1S/C13H21N3OS/c1-10-12(18-9-16-10)8-15-13(17)6-5-11-4-2-3-7-14-11/h9,11,14H,2-8H2,1H3,(H,15,17). The van der Waals surface area contributed by atoms with Crippen molar-refractivity contribution in [3.05, 3.63) is 16.1 Å². The Hall–Kier alpha value is -0.940. The second-order valence-electron chi connectivity index (χ2n) is 4.82. The summed E-state index contributed by atoms with van der Waals surface area (Å²) < 4.78 is 0. The van der Waals surface area contributed by atoms with Crippen LogP contribution in [0.4, 0.5) is 0 Å². The molecular formula is C13H21N3OS. The second kappa shape index (κ2) is 6.85. The van der Waals surface area contributed by atoms with Crippen LogP contribution >= 0.6 is 11.3 Å². The Morgan fingerprint density at radius 2 is 2.50 bits per heavy atom. The van der Waals surface area contributed by atoms with Crippen molar-refractivity contribution in [2.75, 3.05) is 6.54 Å². The molecule has 0 aliphatic carbocycles. The molecule has 2 heterocycles. The summed E-state index contributed by atoms with van der Waals surface area (Å²) in [5.74, 6) is 0.148. The van der Waals surface area contributed by atoms with Gasteiger partial charge in [0.25, 0.3) is 0 Å². The van der Waals surface area contributed by atoms with Crippen molar-refractivity contribution >= 4 is 17.2 Å². The number of amides is 1. The minimum Gasteiger partial charge on any atom is -0.351 e. The first-order valence-corrected chi connectivity index (χ1v) is 7.52. The molecular weight excluding hydrogens is 246 g/mol. The molecule has 2 N–H and O–H groups in total. The molecule has 0 radical (unpaired) electrons. The van der Waals surface area contributed by atoms with Gasteiger partial charge in [0, 0.05) is 17.3 Å². The van der Waals surface area contributed by atoms with Gasteiger partial charge in [-0.1, -0.05) is 6.42 Å². The minimum atomic E-state index is 0.148. The molecule has 1 atom stereocenters. The summed E-state index contributed by atoms with van der Waals surface area (Å²) in [7, 11) is 0. The van der Waals surface area contributed by atoms with E-state index >= 15 is 0 Å². The number of rotatable bonds is 5. The van der Waals surface area contributed by atoms with E-state index in [1.807, 2.05) is 12.4 Å². The van der Waals surface area contributed by atoms with Gasteiger partial charge < -0.3 is 10.6 Å². The molecule has 0 spiro atoms. The third-order valence-corrected chi connectivity index (χ3v) is 4.36. The molecule has 1 amide bonds. The van der Waals surface area contributed by atoms with E-state index in [2.05, 4.69) is 15.6 Å². The lowest BCUT2D eigenvalue weighted by Crippen LogP contribution is -2.35. The zero-order chi connectivity index (χ0) is 12.8. The number of nitrogens with one attached hydrogen (secondary N) is 2. The van der Waals surface area contributed by atoms with E-state index in [4.69, 9.17) is 0 Å². The van der Waals surface area contributed by atoms with Crippen molar-refractivity contribution in [3.63, 3.8) is 0 Å². The number of piperidine rings is 1. The van der Waals surface area contributed by atoms with Crippen LogP contribution in [0.5, 0.6) is 0 Å². The third kappa shape index (κ3) is 4.07. The van der Waals surface area contributed by atoms with Gasteiger partial charge in [-0.25, -0.2) is 4.98 Å². The van der Waals surface area contributed by atoms with Crippen molar-refractivity contribution < 1.29 is 4.79 Å². The Balaban J connectivity index is 1.64. The van der Waals surface area contributed by atoms with Gasteiger partial charge in [0.15, 0.2) is 0 Å². The van der Waals surface area contributed by atoms with Crippen LogP contribution in [0.3, 0.4) is 0 Å². The van der Waals surface area contributed by atoms with E-state index in [9.17, 15) is 4.79 Å². The maximum atomic E-state index is 11.7. The molecule has 100 valence electrons. The van der Waals surface area contributed by atoms with Crippen LogP contribution in [-0.2, 0) is 11.3 Å². The van der Waals surface area contributed by atoms with Gasteiger partial charge in [0.05, 0.1) is 17.7 Å². The number of hydrogen-bond acceptors (Lipinski definition) is 4. The fraction of sp³-hybridized carbons (Fsp3) is 0.692. The summed E-state index contributed by atoms with van der Waals surface area (Å²) in [6.45, 7) is 3.70. The first-order valence-electron chi connectivity index (χ1n) is 6.65. The summed E-state index contributed by atoms with van der Waals surface area (Å²) in [6, 6.07) is 0.537. The van der Waals surface area contributed by atoms with Gasteiger partial charge in [-0.05, 0) is 32.7 Å². The van der Waals surface area contributed by atoms with Crippen LogP contribution in [0.1, 0.15) is 42.7 Å². The predicted octanol–water partition coefficient (Wildman–Crippen LogP) is 1.99. The molecule has 0 bridgehead atoms. The summed E-state index contributed by atoms with van der Waals surface area (Å²) >= 11 is 1.60. The Bertz CT molecular complexity index is 385. The van der Waals surface area contributed by atoms with Crippen LogP contribution in [0.15, 0.2) is 5.51 Å². The Morgan fingerprint density at radius 1 is 1.61 bits per heavy atom. The number of thiazole rings is 1. The summed E-state index contributed by atoms with van der Waals surface area (Å²) in [6.07, 6.45) is 5.34. The van der Waals surface area contributed by atoms with E-state index in [1.54, 1.807) is 11.3 Å². The number of carbonyl (C=O) groups is 1. The smallest absolute Gasteiger partial charge is 0.220 e. The van der Waals surface area contributed by atoms with Gasteiger partial charge >= 0.3 is 0 Å². The van der Waals surface area contributed by atoms with Gasteiger partial charge in [0.2, 0.25) is 5.91 Å². The highest BCUT2D eigenvalue weighted by atomic mass is 32.1. The van der Waals surface area contributed by atoms with Crippen LogP contribution in [0.25, 0.3) is 0 Å². The number of aromatic nitrogens is 1. The average molecular weight is 267 g/mol. The van der Waals surface area contributed by atoms with Crippen molar-refractivity contribution in [2.45, 2.75) is 51.6 Å². The summed E-state index contributed by atoms with van der Waals surface area (Å²) in [4.78, 5) is 17.1. The van der Waals surface area contributed by atoms with Gasteiger partial charge in [-0.2, -0.15) is 0 Å². The molecule has 0 saturated carbocycles. The summed E-state index contributed by atoms with van der Waals surface area (Å²) in [5.41, 5.74) is 2.84. The molecule has 1 aromatic heterocycles. The van der Waals surface area contributed by atoms with Crippen LogP contribution in [0.2, 0.25) is 0 Å². The number of aryl methyl sites for hydroxylation is 1. The first-order chi connectivity index (χ1) is 8.75. The second-order valence-corrected chi connectivity index (χ2v) is 5.76. The van der Waals surface area contributed by atoms with Gasteiger partial charge in [-0.3, -0.25) is 4.79 Å². The Kier molecular flexibility index (Phi) is 5.13. The first kappa shape index (κ1) is 13.5. The maximum absolute atomic E-state index is 11.7. The van der Waals surface area contributed by atoms with E-state index in [-0.39, 0.29) is 5.91 Å². The lowest BCUT2D eigenvalue weighted by atomic mass is 10.0. The van der Waals surface area contributed by atoms with E-state index in [1.165, 1.54) is 19.3 Å². The largest absolute Gasteiger partial charge is 0.351 e. The van der Waals surface area contributed by atoms with Crippen LogP contribution < -0.4 is 10.6 Å². The van der Waals surface area contributed by atoms with Gasteiger partial charge in [0.1, 0.15) is 0 Å². The molecule has 2 rings (SSSR count). The van der Waals surface area contributed by atoms with E-state index in [0.29, 0.717) is 19.0 Å². The molecule has 1 aliphatic heterocycles. The quantitative estimate of drug-likeness (QED) is 0.858. The molecule has 5 heteroatoms.